The second kappa shape index (κ2) is 39.1. The number of methoxy groups -OCH3 is 1. The Morgan fingerprint density at radius 3 is 1.86 bits per heavy atom. The van der Waals surface area contributed by atoms with Gasteiger partial charge in [-0.2, -0.15) is 0 Å². The molecular weight excluding hydrogens is 1250 g/mol. The van der Waals surface area contributed by atoms with Crippen LogP contribution in [0.1, 0.15) is 186 Å². The van der Waals surface area contributed by atoms with Crippen LogP contribution in [0.15, 0.2) is 142 Å². The second-order valence-corrected chi connectivity index (χ2v) is 31.2. The molecule has 3 heterocycles. The van der Waals surface area contributed by atoms with Crippen molar-refractivity contribution in [3.63, 3.8) is 0 Å². The lowest BCUT2D eigenvalue weighted by molar-refractivity contribution is -0.123. The highest BCUT2D eigenvalue weighted by molar-refractivity contribution is 7.91. The molecule has 20 heteroatoms. The summed E-state index contributed by atoms with van der Waals surface area (Å²) in [6.45, 7) is 17.3. The average molecular weight is 1350 g/mol. The third kappa shape index (κ3) is 26.0. The van der Waals surface area contributed by atoms with Gasteiger partial charge in [-0.1, -0.05) is 103 Å². The second-order valence-electron chi connectivity index (χ2n) is 25.7. The molecule has 17 nitrogen and oxygen atoms in total. The van der Waals surface area contributed by atoms with Crippen molar-refractivity contribution < 1.29 is 59.6 Å². The molecule has 6 aromatic rings. The summed E-state index contributed by atoms with van der Waals surface area (Å²) < 4.78 is 53.4. The summed E-state index contributed by atoms with van der Waals surface area (Å²) in [5.74, 6) is 4.76. The fourth-order valence-corrected chi connectivity index (χ4v) is 14.2. The molecule has 3 aromatic carbocycles. The van der Waals surface area contributed by atoms with Crippen LogP contribution in [0.2, 0.25) is 0 Å². The number of nitrogens with one attached hydrogen (secondary N) is 1. The van der Waals surface area contributed by atoms with Gasteiger partial charge < -0.3 is 24.7 Å². The Balaban J connectivity index is 0.000000231. The average Bonchev–Trinajstić information content (AvgIpc) is 1.57. The van der Waals surface area contributed by atoms with Gasteiger partial charge in [0.2, 0.25) is 5.78 Å². The predicted molar refractivity (Wildman–Crippen MR) is 377 cm³/mol. The van der Waals surface area contributed by atoms with Gasteiger partial charge in [0.15, 0.2) is 32.2 Å². The third-order valence-corrected chi connectivity index (χ3v) is 21.7. The van der Waals surface area contributed by atoms with E-state index < -0.39 is 31.2 Å². The molecule has 3 aromatic heterocycles. The number of H-pyrrole nitrogens is 1. The number of sulfone groups is 2. The van der Waals surface area contributed by atoms with E-state index in [1.54, 1.807) is 58.2 Å². The van der Waals surface area contributed by atoms with E-state index in [4.69, 9.17) is 10.5 Å². The number of ketones is 6. The summed E-state index contributed by atoms with van der Waals surface area (Å²) in [5, 5.41) is 7.41. The van der Waals surface area contributed by atoms with Crippen molar-refractivity contribution in [2.45, 2.75) is 186 Å². The van der Waals surface area contributed by atoms with E-state index >= 15 is 0 Å². The maximum Gasteiger partial charge on any atom is 0.263 e. The fourth-order valence-electron chi connectivity index (χ4n) is 13.0. The minimum Gasteiger partial charge on any atom is -0.461 e. The number of hydrogen-bond acceptors (Lipinski definition) is 17. The SMILES string of the molecule is C=C(C)CC1CCC2CCC(OC)CC21.CC(=O)C(=O)c1ccco1.CC(=O)C1(c2ccccc2)CCCC1.CC(=O)C1CCC2CCCCC21.CC(=O)Cc1ccc[nH]1.CC(C)S(C)(=O)=O.CO/N=C(\C(C)=O)c1csc(N)n1.CS(=O)(=O)c1ccc2ccccc2c1. The Kier molecular flexibility index (Phi) is 33.1. The van der Waals surface area contributed by atoms with Gasteiger partial charge >= 0.3 is 0 Å². The number of carbonyl (C=O) groups excluding carboxylic acids is 6. The number of allylic oxidation sites excluding steroid dienone is 1. The van der Waals surface area contributed by atoms with Gasteiger partial charge in [-0.05, 0) is 194 Å². The van der Waals surface area contributed by atoms with Crippen molar-refractivity contribution in [1.29, 1.82) is 0 Å². The summed E-state index contributed by atoms with van der Waals surface area (Å²) in [5.41, 5.74) is 9.47. The molecule has 0 bridgehead atoms. The van der Waals surface area contributed by atoms with Crippen molar-refractivity contribution in [3.8, 4) is 0 Å². The van der Waals surface area contributed by atoms with Crippen molar-refractivity contribution in [2.75, 3.05) is 32.5 Å². The number of rotatable bonds is 15. The molecule has 7 unspecified atom stereocenters. The molecule has 11 rings (SSSR count). The molecule has 0 saturated heterocycles. The Labute approximate surface area is 562 Å². The number of oxime groups is 1. The number of aromatic amines is 1. The van der Waals surface area contributed by atoms with Gasteiger partial charge in [0.25, 0.3) is 5.78 Å². The van der Waals surface area contributed by atoms with Gasteiger partial charge in [0.05, 0.1) is 27.9 Å². The van der Waals surface area contributed by atoms with Crippen LogP contribution < -0.4 is 5.73 Å². The zero-order valence-corrected chi connectivity index (χ0v) is 59.8. The number of nitrogen functional groups attached to an aromatic ring is 1. The zero-order valence-electron chi connectivity index (χ0n) is 57.3. The third-order valence-electron chi connectivity index (χ3n) is 18.2. The standard InChI is InChI=1S/C14H24O.C13H16O.C11H10O2S.C11H18O.C7H9N3O2S.C7H9NO.C7H6O3.C4H10O2S/c1-10(2)8-12-5-4-11-6-7-13(15-3)9-14(11)12;1-11(14)13(9-5-6-10-13)12-7-3-2-4-8-12;1-14(12,13)11-7-6-9-4-2-3-5-10(9)8-11;1-8(12)10-7-6-9-4-2-3-5-11(9)10;1-4(11)6(10-12-2)5-3-13-7(8)9-5;1-6(9)5-7-3-2-4-8-7;1-5(8)7(9)6-3-2-4-10-6;1-4(2)7(3,5)6/h11-14H,1,4-9H2,2-3H3;2-4,7-8H,5-6,9-10H2,1H3;2-8H,1H3;9-11H,2-7H2,1H3;3H,1-2H3,(H2,8,9);2-4,8H,5H2,1H3;2-4H,1H3;4H,1-3H3/b;;;;10-6+;;;. The highest BCUT2D eigenvalue weighted by Crippen LogP contribution is 2.49. The first kappa shape index (κ1) is 79.4. The van der Waals surface area contributed by atoms with Crippen LogP contribution in [-0.2, 0) is 65.1 Å². The number of ether oxygens (including phenoxy) is 1. The van der Waals surface area contributed by atoms with Crippen molar-refractivity contribution in [3.05, 3.63) is 150 Å². The van der Waals surface area contributed by atoms with Crippen LogP contribution in [0.5, 0.6) is 0 Å². The molecule has 514 valence electrons. The first-order chi connectivity index (χ1) is 44.4. The molecule has 94 heavy (non-hydrogen) atoms. The number of carbonyl (C=O) groups is 6. The molecular formula is C74H102N4O13S3. The van der Waals surface area contributed by atoms with E-state index in [1.165, 1.54) is 158 Å². The largest absolute Gasteiger partial charge is 0.461 e. The van der Waals surface area contributed by atoms with E-state index in [1.807, 2.05) is 74.0 Å². The maximum atomic E-state index is 11.8. The number of nitrogens with zero attached hydrogens (tertiary/aromatic N) is 2. The quantitative estimate of drug-likeness (QED) is 0.0318. The van der Waals surface area contributed by atoms with Crippen LogP contribution in [0.3, 0.4) is 0 Å². The van der Waals surface area contributed by atoms with Crippen LogP contribution in [0, 0.1) is 35.5 Å². The Morgan fingerprint density at radius 2 is 1.35 bits per heavy atom. The van der Waals surface area contributed by atoms with Gasteiger partial charge in [0, 0.05) is 63.1 Å². The van der Waals surface area contributed by atoms with Gasteiger partial charge in [-0.25, -0.2) is 21.8 Å². The number of fused-ring (bicyclic) bond motifs is 3. The molecule has 7 atom stereocenters. The molecule has 0 aliphatic heterocycles. The number of anilines is 1. The Bertz CT molecular complexity index is 3630. The van der Waals surface area contributed by atoms with E-state index in [-0.39, 0.29) is 33.7 Å². The highest BCUT2D eigenvalue weighted by Gasteiger charge is 2.42. The lowest BCUT2D eigenvalue weighted by Crippen LogP contribution is -2.30. The molecule has 5 saturated carbocycles. The summed E-state index contributed by atoms with van der Waals surface area (Å²) in [7, 11) is -2.59. The Morgan fingerprint density at radius 1 is 0.734 bits per heavy atom. The monoisotopic (exact) mass is 1350 g/mol. The zero-order chi connectivity index (χ0) is 69.8. The molecule has 0 radical (unpaired) electrons. The minimum absolute atomic E-state index is 0.104. The maximum absolute atomic E-state index is 11.8. The van der Waals surface area contributed by atoms with Crippen molar-refractivity contribution in [2.24, 2.45) is 40.7 Å². The fraction of sp³-hybridized carbons (Fsp3) is 0.514. The summed E-state index contributed by atoms with van der Waals surface area (Å²) >= 11 is 1.25. The topological polar surface area (TPSA) is 269 Å². The molecule has 5 aliphatic rings. The molecule has 5 aliphatic carbocycles. The number of hydrogen-bond donors (Lipinski definition) is 2. The lowest BCUT2D eigenvalue weighted by Gasteiger charge is -2.34. The first-order valence-corrected chi connectivity index (χ1v) is 37.3. The smallest absolute Gasteiger partial charge is 0.263 e. The number of thiazole rings is 1. The molecule has 0 spiro atoms. The highest BCUT2D eigenvalue weighted by atomic mass is 32.2. The van der Waals surface area contributed by atoms with Crippen molar-refractivity contribution >= 4 is 87.3 Å². The number of benzene rings is 3. The molecule has 5 fully saturated rings. The number of aromatic nitrogens is 2. The lowest BCUT2D eigenvalue weighted by atomic mass is 9.75. The van der Waals surface area contributed by atoms with Crippen LogP contribution in [0.4, 0.5) is 5.13 Å². The van der Waals surface area contributed by atoms with Crippen LogP contribution >= 0.6 is 11.3 Å². The van der Waals surface area contributed by atoms with E-state index in [2.05, 4.69) is 50.0 Å². The van der Waals surface area contributed by atoms with E-state index in [0.29, 0.717) is 45.7 Å². The van der Waals surface area contributed by atoms with E-state index in [9.17, 15) is 45.6 Å². The van der Waals surface area contributed by atoms with Crippen LogP contribution in [0.25, 0.3) is 10.8 Å². The number of nitrogens with two attached hydrogens (primary N) is 1. The van der Waals surface area contributed by atoms with Crippen LogP contribution in [-0.4, -0.2) is 105 Å². The summed E-state index contributed by atoms with van der Waals surface area (Å²) in [6, 6.07) is 29.9. The van der Waals surface area contributed by atoms with Gasteiger partial charge in [-0.3, -0.25) is 28.8 Å². The summed E-state index contributed by atoms with van der Waals surface area (Å²) in [4.78, 5) is 77.6. The minimum atomic E-state index is -3.09. The van der Waals surface area contributed by atoms with Gasteiger partial charge in [-0.15, -0.1) is 17.9 Å². The normalized spacial score (nSPS) is 20.7. The number of Topliss-reactive ketones (excluding diaryl/α,β-unsaturated/α-hetero) is 6. The molecule has 3 N–H and O–H groups in total. The predicted octanol–water partition coefficient (Wildman–Crippen LogP) is 15.2. The first-order valence-electron chi connectivity index (χ1n) is 32.6. The Hall–Kier alpha value is -7.00. The van der Waals surface area contributed by atoms with Gasteiger partial charge in [0.1, 0.15) is 40.0 Å². The van der Waals surface area contributed by atoms with E-state index in [0.717, 1.165) is 58.9 Å². The summed E-state index contributed by atoms with van der Waals surface area (Å²) in [6.07, 6.45) is 27.3. The van der Waals surface area contributed by atoms with Crippen molar-refractivity contribution in [1.82, 2.24) is 9.97 Å². The number of furan rings is 1. The molecule has 0 amide bonds.